The van der Waals surface area contributed by atoms with Crippen LogP contribution in [0, 0.1) is 0 Å². The minimum absolute atomic E-state index is 0.124. The number of nitrogens with zero attached hydrogens (tertiary/aromatic N) is 5. The van der Waals surface area contributed by atoms with Crippen molar-refractivity contribution in [1.29, 1.82) is 0 Å². The number of carbonyl (C=O) groups is 1. The highest BCUT2D eigenvalue weighted by atomic mass is 19.3. The van der Waals surface area contributed by atoms with Gasteiger partial charge in [0.1, 0.15) is 5.82 Å². The number of carbonyl (C=O) groups excluding carboxylic acids is 1. The molecule has 0 aliphatic carbocycles. The summed E-state index contributed by atoms with van der Waals surface area (Å²) in [5, 5.41) is 11.1. The van der Waals surface area contributed by atoms with Crippen molar-refractivity contribution in [3.8, 4) is 11.3 Å². The molecule has 10 heteroatoms. The summed E-state index contributed by atoms with van der Waals surface area (Å²) in [4.78, 5) is 27.6. The number of H-pyrrole nitrogens is 1. The Balaban J connectivity index is 1.59. The normalized spacial score (nSPS) is 15.3. The maximum absolute atomic E-state index is 14.0. The van der Waals surface area contributed by atoms with Crippen molar-refractivity contribution >= 4 is 28.3 Å². The number of aromatic nitrogens is 5. The van der Waals surface area contributed by atoms with E-state index in [2.05, 4.69) is 30.5 Å². The number of rotatable bonds is 5. The number of amides is 1. The molecule has 2 N–H and O–H groups in total. The van der Waals surface area contributed by atoms with Gasteiger partial charge in [0.15, 0.2) is 5.82 Å². The monoisotopic (exact) mass is 463 g/mol. The van der Waals surface area contributed by atoms with Crippen LogP contribution in [-0.2, 0) is 0 Å². The number of benzene rings is 1. The van der Waals surface area contributed by atoms with Gasteiger partial charge >= 0.3 is 0 Å². The van der Waals surface area contributed by atoms with Crippen molar-refractivity contribution in [1.82, 2.24) is 25.1 Å². The first-order valence-corrected chi connectivity index (χ1v) is 11.0. The Morgan fingerprint density at radius 1 is 1.15 bits per heavy atom. The molecule has 5 rings (SSSR count). The minimum atomic E-state index is -2.82. The first-order chi connectivity index (χ1) is 16.3. The van der Waals surface area contributed by atoms with Crippen LogP contribution in [0.3, 0.4) is 0 Å². The molecule has 1 aliphatic heterocycles. The third-order valence-electron chi connectivity index (χ3n) is 5.82. The number of fused-ring (bicyclic) bond motifs is 1. The van der Waals surface area contributed by atoms with E-state index in [9.17, 15) is 13.6 Å². The van der Waals surface area contributed by atoms with E-state index in [1.54, 1.807) is 12.3 Å². The lowest BCUT2D eigenvalue weighted by molar-refractivity contribution is 0.0257. The topological polar surface area (TPSA) is 99.7 Å². The number of hydrogen-bond donors (Lipinski definition) is 2. The molecule has 1 amide bonds. The number of halogens is 2. The van der Waals surface area contributed by atoms with Gasteiger partial charge in [0, 0.05) is 48.4 Å². The Labute approximate surface area is 194 Å². The molecular formula is C24H23F2N7O. The second-order valence-corrected chi connectivity index (χ2v) is 8.64. The van der Waals surface area contributed by atoms with Crippen LogP contribution in [0.25, 0.3) is 22.2 Å². The van der Waals surface area contributed by atoms with E-state index in [0.29, 0.717) is 22.8 Å². The lowest BCUT2D eigenvalue weighted by Crippen LogP contribution is -2.27. The zero-order chi connectivity index (χ0) is 23.9. The van der Waals surface area contributed by atoms with E-state index in [4.69, 9.17) is 0 Å². The van der Waals surface area contributed by atoms with Crippen LogP contribution in [0.5, 0.6) is 0 Å². The average molecular weight is 463 g/mol. The average Bonchev–Trinajstić information content (AvgIpc) is 3.42. The standard InChI is InChI=1S/C24H23F2N7O/c1-14(2)21-28-11-15(12-29-21)23(34)30-20-17(19-16-5-3-4-6-18(16)31-32-19)7-9-27-22(20)33-10-8-24(25,26)13-33/h3-7,9,11-12,14H,8,10,13H2,1-2H3,(H,30,34)(H,31,32). The van der Waals surface area contributed by atoms with Gasteiger partial charge in [-0.2, -0.15) is 5.10 Å². The summed E-state index contributed by atoms with van der Waals surface area (Å²) >= 11 is 0. The molecule has 1 fully saturated rings. The van der Waals surface area contributed by atoms with E-state index >= 15 is 0 Å². The number of pyridine rings is 1. The Hall–Kier alpha value is -3.95. The van der Waals surface area contributed by atoms with Gasteiger partial charge in [0.25, 0.3) is 11.8 Å². The second-order valence-electron chi connectivity index (χ2n) is 8.64. The number of nitrogens with one attached hydrogen (secondary N) is 2. The molecule has 8 nitrogen and oxygen atoms in total. The van der Waals surface area contributed by atoms with Crippen molar-refractivity contribution in [3.05, 3.63) is 60.3 Å². The molecule has 0 atom stereocenters. The van der Waals surface area contributed by atoms with Gasteiger partial charge in [0.05, 0.1) is 29.0 Å². The highest BCUT2D eigenvalue weighted by Crippen LogP contribution is 2.40. The summed E-state index contributed by atoms with van der Waals surface area (Å²) < 4.78 is 28.1. The molecule has 174 valence electrons. The van der Waals surface area contributed by atoms with Crippen molar-refractivity contribution < 1.29 is 13.6 Å². The van der Waals surface area contributed by atoms with Gasteiger partial charge < -0.3 is 10.2 Å². The molecular weight excluding hydrogens is 440 g/mol. The van der Waals surface area contributed by atoms with Crippen molar-refractivity contribution in [2.75, 3.05) is 23.3 Å². The molecule has 0 unspecified atom stereocenters. The number of anilines is 2. The summed E-state index contributed by atoms with van der Waals surface area (Å²) in [5.41, 5.74) is 2.59. The number of hydrogen-bond acceptors (Lipinski definition) is 6. The first-order valence-electron chi connectivity index (χ1n) is 11.0. The SMILES string of the molecule is CC(C)c1ncc(C(=O)Nc2c(-c3[nH]nc4ccccc34)ccnc2N2CCC(F)(F)C2)cn1. The van der Waals surface area contributed by atoms with Crippen LogP contribution in [0.1, 0.15) is 42.4 Å². The maximum Gasteiger partial charge on any atom is 0.266 e. The predicted molar refractivity (Wildman–Crippen MR) is 125 cm³/mol. The molecule has 4 aromatic rings. The van der Waals surface area contributed by atoms with E-state index in [-0.39, 0.29) is 30.3 Å². The van der Waals surface area contributed by atoms with Gasteiger partial charge in [0.2, 0.25) is 0 Å². The Kier molecular flexibility index (Phi) is 5.43. The van der Waals surface area contributed by atoms with Crippen molar-refractivity contribution in [2.45, 2.75) is 32.1 Å². The van der Waals surface area contributed by atoms with Crippen LogP contribution in [0.2, 0.25) is 0 Å². The lowest BCUT2D eigenvalue weighted by atomic mass is 10.1. The van der Waals surface area contributed by atoms with E-state index in [1.165, 1.54) is 17.3 Å². The molecule has 0 bridgehead atoms. The maximum atomic E-state index is 14.0. The molecule has 0 saturated carbocycles. The Bertz CT molecular complexity index is 1350. The van der Waals surface area contributed by atoms with Gasteiger partial charge in [-0.3, -0.25) is 9.89 Å². The number of aromatic amines is 1. The molecule has 1 aromatic carbocycles. The number of para-hydroxylation sites is 1. The summed E-state index contributed by atoms with van der Waals surface area (Å²) in [6.07, 6.45) is 4.20. The van der Waals surface area contributed by atoms with Gasteiger partial charge in [-0.25, -0.2) is 23.7 Å². The van der Waals surface area contributed by atoms with E-state index < -0.39 is 18.4 Å². The van der Waals surface area contributed by atoms with Gasteiger partial charge in [-0.05, 0) is 12.1 Å². The zero-order valence-corrected chi connectivity index (χ0v) is 18.7. The van der Waals surface area contributed by atoms with Gasteiger partial charge in [-0.15, -0.1) is 0 Å². The molecule has 3 aromatic heterocycles. The van der Waals surface area contributed by atoms with Crippen molar-refractivity contribution in [2.24, 2.45) is 0 Å². The second kappa shape index (κ2) is 8.44. The van der Waals surface area contributed by atoms with Crippen LogP contribution < -0.4 is 10.2 Å². The van der Waals surface area contributed by atoms with Crippen LogP contribution in [-0.4, -0.2) is 50.1 Å². The third-order valence-corrected chi connectivity index (χ3v) is 5.82. The summed E-state index contributed by atoms with van der Waals surface area (Å²) in [6.45, 7) is 3.58. The largest absolute Gasteiger partial charge is 0.349 e. The highest BCUT2D eigenvalue weighted by Gasteiger charge is 2.40. The summed E-state index contributed by atoms with van der Waals surface area (Å²) in [7, 11) is 0. The molecule has 1 aliphatic rings. The smallest absolute Gasteiger partial charge is 0.266 e. The van der Waals surface area contributed by atoms with E-state index in [0.717, 1.165) is 10.9 Å². The molecule has 4 heterocycles. The first kappa shape index (κ1) is 21.9. The van der Waals surface area contributed by atoms with Crippen LogP contribution in [0.4, 0.5) is 20.3 Å². The van der Waals surface area contributed by atoms with Gasteiger partial charge in [-0.1, -0.05) is 32.0 Å². The van der Waals surface area contributed by atoms with Crippen LogP contribution in [0.15, 0.2) is 48.9 Å². The fraction of sp³-hybridized carbons (Fsp3) is 0.292. The zero-order valence-electron chi connectivity index (χ0n) is 18.7. The van der Waals surface area contributed by atoms with Crippen LogP contribution >= 0.6 is 0 Å². The quantitative estimate of drug-likeness (QED) is 0.448. The highest BCUT2D eigenvalue weighted by molar-refractivity contribution is 6.09. The van der Waals surface area contributed by atoms with E-state index in [1.807, 2.05) is 38.1 Å². The fourth-order valence-corrected chi connectivity index (χ4v) is 4.04. The summed E-state index contributed by atoms with van der Waals surface area (Å²) in [5.74, 6) is -2.25. The molecule has 0 spiro atoms. The third kappa shape index (κ3) is 4.07. The molecule has 0 radical (unpaired) electrons. The lowest BCUT2D eigenvalue weighted by Gasteiger charge is -2.22. The predicted octanol–water partition coefficient (Wildman–Crippen LogP) is 4.64. The fourth-order valence-electron chi connectivity index (χ4n) is 4.04. The van der Waals surface area contributed by atoms with Crippen molar-refractivity contribution in [3.63, 3.8) is 0 Å². The summed E-state index contributed by atoms with van der Waals surface area (Å²) in [6, 6.07) is 9.26. The Morgan fingerprint density at radius 3 is 2.62 bits per heavy atom. The Morgan fingerprint density at radius 2 is 1.91 bits per heavy atom. The molecule has 1 saturated heterocycles. The molecule has 34 heavy (non-hydrogen) atoms. The minimum Gasteiger partial charge on any atom is -0.349 e. The number of alkyl halides is 2.